The third-order valence-electron chi connectivity index (χ3n) is 5.93. The molecule has 0 aliphatic heterocycles. The largest absolute Gasteiger partial charge is 0.354 e. The number of carbonyl (C=O) groups excluding carboxylic acids is 2. The minimum Gasteiger partial charge on any atom is -0.354 e. The van der Waals surface area contributed by atoms with Gasteiger partial charge >= 0.3 is 0 Å². The summed E-state index contributed by atoms with van der Waals surface area (Å²) in [5, 5.41) is 3.50. The van der Waals surface area contributed by atoms with Gasteiger partial charge in [0.15, 0.2) is 0 Å². The molecule has 0 bridgehead atoms. The lowest BCUT2D eigenvalue weighted by atomic mass is 10.1. The van der Waals surface area contributed by atoms with E-state index in [1.54, 1.807) is 17.9 Å². The molecule has 0 saturated carbocycles. The van der Waals surface area contributed by atoms with Gasteiger partial charge in [-0.15, -0.1) is 0 Å². The number of benzene rings is 2. The van der Waals surface area contributed by atoms with Crippen LogP contribution in [-0.4, -0.2) is 50.5 Å². The van der Waals surface area contributed by atoms with Crippen molar-refractivity contribution in [3.05, 3.63) is 63.6 Å². The number of hydrogen-bond donors (Lipinski definition) is 1. The van der Waals surface area contributed by atoms with Crippen LogP contribution in [0.4, 0.5) is 5.69 Å². The number of hydrogen-bond acceptors (Lipinski definition) is 4. The molecular weight excluding hydrogens is 521 g/mol. The number of nitrogens with zero attached hydrogens (tertiary/aromatic N) is 2. The summed E-state index contributed by atoms with van der Waals surface area (Å²) >= 11 is 12.3. The minimum absolute atomic E-state index is 0.0416. The molecule has 10 heteroatoms. The lowest BCUT2D eigenvalue weighted by molar-refractivity contribution is -0.140. The number of nitrogens with one attached hydrogen (secondary N) is 1. The average Bonchev–Trinajstić information content (AvgIpc) is 2.81. The van der Waals surface area contributed by atoms with Crippen molar-refractivity contribution in [1.82, 2.24) is 10.2 Å². The fourth-order valence-corrected chi connectivity index (χ4v) is 5.15. The van der Waals surface area contributed by atoms with Gasteiger partial charge in [0.05, 0.1) is 17.0 Å². The van der Waals surface area contributed by atoms with E-state index < -0.39 is 16.1 Å². The summed E-state index contributed by atoms with van der Waals surface area (Å²) in [6, 6.07) is 11.6. The second kappa shape index (κ2) is 13.9. The molecule has 0 aliphatic carbocycles. The molecule has 0 unspecified atom stereocenters. The Morgan fingerprint density at radius 1 is 1.08 bits per heavy atom. The molecule has 0 aliphatic rings. The molecule has 2 amide bonds. The van der Waals surface area contributed by atoms with E-state index >= 15 is 0 Å². The fraction of sp³-hybridized carbons (Fsp3) is 0.462. The highest BCUT2D eigenvalue weighted by atomic mass is 35.5. The highest BCUT2D eigenvalue weighted by Gasteiger charge is 2.27. The molecule has 0 heterocycles. The second-order valence-corrected chi connectivity index (χ2v) is 11.6. The Morgan fingerprint density at radius 2 is 1.78 bits per heavy atom. The summed E-state index contributed by atoms with van der Waals surface area (Å²) in [7, 11) is -3.67. The van der Waals surface area contributed by atoms with Crippen LogP contribution < -0.4 is 9.62 Å². The molecule has 2 aromatic rings. The Hall–Kier alpha value is -2.29. The van der Waals surface area contributed by atoms with E-state index in [4.69, 9.17) is 23.2 Å². The Labute approximate surface area is 224 Å². The molecule has 0 radical (unpaired) electrons. The van der Waals surface area contributed by atoms with Gasteiger partial charge in [0.25, 0.3) is 0 Å². The smallest absolute Gasteiger partial charge is 0.242 e. The molecule has 1 N–H and O–H groups in total. The predicted octanol–water partition coefficient (Wildman–Crippen LogP) is 5.18. The maximum Gasteiger partial charge on any atom is 0.242 e. The first kappa shape index (κ1) is 29.9. The number of carbonyl (C=O) groups is 2. The Balaban J connectivity index is 2.19. The van der Waals surface area contributed by atoms with Crippen LogP contribution in [0.25, 0.3) is 0 Å². The number of unbranched alkanes of at least 4 members (excludes halogenated alkanes) is 1. The number of sulfonamides is 1. The summed E-state index contributed by atoms with van der Waals surface area (Å²) in [5.74, 6) is -0.448. The minimum atomic E-state index is -3.67. The van der Waals surface area contributed by atoms with E-state index in [2.05, 4.69) is 5.32 Å². The van der Waals surface area contributed by atoms with Crippen LogP contribution >= 0.6 is 23.2 Å². The van der Waals surface area contributed by atoms with Crippen molar-refractivity contribution in [1.29, 1.82) is 0 Å². The van der Waals surface area contributed by atoms with Crippen LogP contribution in [0.15, 0.2) is 42.5 Å². The lowest BCUT2D eigenvalue weighted by Crippen LogP contribution is -2.48. The van der Waals surface area contributed by atoms with Crippen LogP contribution in [0.2, 0.25) is 10.0 Å². The summed E-state index contributed by atoms with van der Waals surface area (Å²) < 4.78 is 26.1. The Bertz CT molecular complexity index is 1160. The highest BCUT2D eigenvalue weighted by Crippen LogP contribution is 2.31. The molecule has 0 saturated heterocycles. The van der Waals surface area contributed by atoms with Crippen molar-refractivity contribution in [3.8, 4) is 0 Å². The summed E-state index contributed by atoms with van der Waals surface area (Å²) in [5.41, 5.74) is 2.23. The second-order valence-electron chi connectivity index (χ2n) is 8.80. The Morgan fingerprint density at radius 3 is 2.42 bits per heavy atom. The van der Waals surface area contributed by atoms with Crippen molar-refractivity contribution in [3.63, 3.8) is 0 Å². The van der Waals surface area contributed by atoms with Crippen LogP contribution in [0.3, 0.4) is 0 Å². The number of aryl methyl sites for hydroxylation is 1. The predicted molar refractivity (Wildman–Crippen MR) is 147 cm³/mol. The highest BCUT2D eigenvalue weighted by molar-refractivity contribution is 7.92. The number of rotatable bonds is 13. The zero-order valence-electron chi connectivity index (χ0n) is 21.3. The zero-order valence-corrected chi connectivity index (χ0v) is 23.6. The quantitative estimate of drug-likeness (QED) is 0.345. The molecule has 2 rings (SSSR count). The molecular formula is C26H35Cl2N3O4S. The topological polar surface area (TPSA) is 86.8 Å². The van der Waals surface area contributed by atoms with Gasteiger partial charge in [-0.05, 0) is 56.0 Å². The average molecular weight is 557 g/mol. The molecule has 7 nitrogen and oxygen atoms in total. The third kappa shape index (κ3) is 8.68. The molecule has 0 spiro atoms. The van der Waals surface area contributed by atoms with Gasteiger partial charge in [-0.25, -0.2) is 8.42 Å². The summed E-state index contributed by atoms with van der Waals surface area (Å²) in [4.78, 5) is 27.7. The number of amides is 2. The van der Waals surface area contributed by atoms with Gasteiger partial charge < -0.3 is 10.2 Å². The standard InChI is InChI=1S/C26H35Cl2N3O4S/c1-5-6-15-29-26(33)20(3)30(18-21-11-8-7-10-19(21)2)25(32)12-9-16-31(36(4,34)35)24-17-22(27)13-14-23(24)28/h7-8,10-11,13-14,17,20H,5-6,9,12,15-16,18H2,1-4H3,(H,29,33)/t20-/m1/s1. The van der Waals surface area contributed by atoms with Gasteiger partial charge in [-0.2, -0.15) is 0 Å². The SMILES string of the molecule is CCCCNC(=O)[C@@H](C)N(Cc1ccccc1C)C(=O)CCCN(c1cc(Cl)ccc1Cl)S(C)(=O)=O. The van der Waals surface area contributed by atoms with E-state index in [1.807, 2.05) is 38.1 Å². The first-order chi connectivity index (χ1) is 17.0. The van der Waals surface area contributed by atoms with Gasteiger partial charge in [0.2, 0.25) is 21.8 Å². The third-order valence-corrected chi connectivity index (χ3v) is 7.66. The number of anilines is 1. The molecule has 1 atom stereocenters. The van der Waals surface area contributed by atoms with E-state index in [-0.39, 0.29) is 48.5 Å². The molecule has 0 aromatic heterocycles. The lowest BCUT2D eigenvalue weighted by Gasteiger charge is -2.30. The van der Waals surface area contributed by atoms with Gasteiger partial charge in [-0.1, -0.05) is 60.8 Å². The monoisotopic (exact) mass is 555 g/mol. The van der Waals surface area contributed by atoms with E-state index in [0.29, 0.717) is 11.6 Å². The van der Waals surface area contributed by atoms with Crippen molar-refractivity contribution < 1.29 is 18.0 Å². The van der Waals surface area contributed by atoms with E-state index in [1.165, 1.54) is 12.1 Å². The molecule has 36 heavy (non-hydrogen) atoms. The van der Waals surface area contributed by atoms with Crippen LogP contribution in [0.1, 0.15) is 50.7 Å². The summed E-state index contributed by atoms with van der Waals surface area (Å²) in [6.07, 6.45) is 3.19. The molecule has 198 valence electrons. The number of halogens is 2. The van der Waals surface area contributed by atoms with Crippen molar-refractivity contribution in [2.24, 2.45) is 0 Å². The van der Waals surface area contributed by atoms with Gasteiger partial charge in [-0.3, -0.25) is 13.9 Å². The van der Waals surface area contributed by atoms with Crippen LogP contribution in [-0.2, 0) is 26.2 Å². The van der Waals surface area contributed by atoms with E-state index in [0.717, 1.165) is 34.5 Å². The van der Waals surface area contributed by atoms with Gasteiger partial charge in [0.1, 0.15) is 6.04 Å². The first-order valence-electron chi connectivity index (χ1n) is 12.0. The molecule has 0 fully saturated rings. The normalized spacial score (nSPS) is 12.2. The maximum atomic E-state index is 13.4. The Kier molecular flexibility index (Phi) is 11.5. The first-order valence-corrected chi connectivity index (χ1v) is 14.6. The summed E-state index contributed by atoms with van der Waals surface area (Å²) in [6.45, 7) is 6.59. The van der Waals surface area contributed by atoms with Crippen molar-refractivity contribution in [2.45, 2.75) is 59.0 Å². The van der Waals surface area contributed by atoms with E-state index in [9.17, 15) is 18.0 Å². The maximum absolute atomic E-state index is 13.4. The van der Waals surface area contributed by atoms with Crippen LogP contribution in [0, 0.1) is 6.92 Å². The van der Waals surface area contributed by atoms with Crippen molar-refractivity contribution >= 4 is 50.7 Å². The fourth-order valence-electron chi connectivity index (χ4n) is 3.75. The van der Waals surface area contributed by atoms with Crippen molar-refractivity contribution in [2.75, 3.05) is 23.7 Å². The molecule has 2 aromatic carbocycles. The van der Waals surface area contributed by atoms with Gasteiger partial charge in [0, 0.05) is 31.1 Å². The zero-order chi connectivity index (χ0) is 26.9. The van der Waals surface area contributed by atoms with Crippen LogP contribution in [0.5, 0.6) is 0 Å².